The highest BCUT2D eigenvalue weighted by atomic mass is 32.1. The van der Waals surface area contributed by atoms with Gasteiger partial charge in [-0.1, -0.05) is 52.8 Å². The minimum atomic E-state index is -0.241. The molecule has 1 heterocycles. The van der Waals surface area contributed by atoms with Crippen molar-refractivity contribution >= 4 is 34.1 Å². The summed E-state index contributed by atoms with van der Waals surface area (Å²) in [6.07, 6.45) is 4.79. The number of methoxy groups -OCH3 is 1. The lowest BCUT2D eigenvalue weighted by molar-refractivity contribution is -0.118. The van der Waals surface area contributed by atoms with Gasteiger partial charge in [0.25, 0.3) is 5.91 Å². The van der Waals surface area contributed by atoms with Gasteiger partial charge >= 0.3 is 0 Å². The molecule has 7 heteroatoms. The number of carbonyl (C=O) groups excluding carboxylic acids is 1. The fourth-order valence-electron chi connectivity index (χ4n) is 4.98. The summed E-state index contributed by atoms with van der Waals surface area (Å²) in [6, 6.07) is 15.6. The van der Waals surface area contributed by atoms with E-state index in [-0.39, 0.29) is 17.9 Å². The van der Waals surface area contributed by atoms with Crippen molar-refractivity contribution in [2.45, 2.75) is 59.8 Å². The molecule has 0 unspecified atom stereocenters. The normalized spacial score (nSPS) is 15.2. The molecule has 1 amide bonds. The van der Waals surface area contributed by atoms with Gasteiger partial charge in [-0.25, -0.2) is 4.99 Å². The lowest BCUT2D eigenvalue weighted by atomic mass is 9.72. The number of rotatable bonds is 8. The zero-order valence-electron chi connectivity index (χ0n) is 23.6. The Kier molecular flexibility index (Phi) is 8.76. The van der Waals surface area contributed by atoms with Gasteiger partial charge in [0.1, 0.15) is 11.1 Å². The Bertz CT molecular complexity index is 1410. The lowest BCUT2D eigenvalue weighted by Gasteiger charge is -2.33. The summed E-state index contributed by atoms with van der Waals surface area (Å²) in [4.78, 5) is 18.6. The van der Waals surface area contributed by atoms with Crippen molar-refractivity contribution in [2.75, 3.05) is 19.0 Å². The van der Waals surface area contributed by atoms with Crippen LogP contribution in [0, 0.1) is 22.7 Å². The zero-order chi connectivity index (χ0) is 28.2. The number of amides is 1. The summed E-state index contributed by atoms with van der Waals surface area (Å²) < 4.78 is 11.3. The fraction of sp³-hybridized carbons (Fsp3) is 0.406. The molecule has 204 valence electrons. The number of benzene rings is 2. The minimum Gasteiger partial charge on any atom is -0.493 e. The number of thiophene rings is 1. The zero-order valence-corrected chi connectivity index (χ0v) is 24.4. The number of hydrogen-bond acceptors (Lipinski definition) is 6. The van der Waals surface area contributed by atoms with Crippen LogP contribution in [0.2, 0.25) is 0 Å². The molecule has 6 nitrogen and oxygen atoms in total. The van der Waals surface area contributed by atoms with Crippen LogP contribution < -0.4 is 14.8 Å². The number of fused-ring (bicyclic) bond motifs is 1. The first kappa shape index (κ1) is 28.4. The number of ether oxygens (including phenoxy) is 2. The highest BCUT2D eigenvalue weighted by molar-refractivity contribution is 7.16. The van der Waals surface area contributed by atoms with Gasteiger partial charge in [0.05, 0.1) is 12.7 Å². The van der Waals surface area contributed by atoms with Crippen molar-refractivity contribution in [1.82, 2.24) is 0 Å². The Morgan fingerprint density at radius 1 is 1.23 bits per heavy atom. The average Bonchev–Trinajstić information content (AvgIpc) is 3.27. The summed E-state index contributed by atoms with van der Waals surface area (Å²) >= 11 is 1.63. The molecular formula is C32H37N3O3S. The predicted octanol–water partition coefficient (Wildman–Crippen LogP) is 7.67. The summed E-state index contributed by atoms with van der Waals surface area (Å²) in [7, 11) is 1.56. The maximum absolute atomic E-state index is 12.6. The van der Waals surface area contributed by atoms with Gasteiger partial charge < -0.3 is 14.8 Å². The molecule has 1 N–H and O–H groups in total. The first-order chi connectivity index (χ1) is 18.6. The molecule has 0 saturated heterocycles. The number of nitrogens with zero attached hydrogens (tertiary/aromatic N) is 2. The van der Waals surface area contributed by atoms with E-state index in [0.717, 1.165) is 41.1 Å². The van der Waals surface area contributed by atoms with Crippen molar-refractivity contribution in [2.24, 2.45) is 16.3 Å². The maximum Gasteiger partial charge on any atom is 0.262 e. The Morgan fingerprint density at radius 2 is 2.00 bits per heavy atom. The summed E-state index contributed by atoms with van der Waals surface area (Å²) in [5.74, 6) is 1.64. The second-order valence-corrected chi connectivity index (χ2v) is 12.4. The quantitative estimate of drug-likeness (QED) is 0.296. The Hall–Kier alpha value is -3.63. The van der Waals surface area contributed by atoms with Crippen LogP contribution in [0.3, 0.4) is 0 Å². The van der Waals surface area contributed by atoms with E-state index >= 15 is 0 Å². The molecule has 0 saturated carbocycles. The second kappa shape index (κ2) is 12.0. The Labute approximate surface area is 235 Å². The smallest absolute Gasteiger partial charge is 0.262 e. The molecule has 0 aliphatic heterocycles. The largest absolute Gasteiger partial charge is 0.493 e. The van der Waals surface area contributed by atoms with Crippen molar-refractivity contribution in [3.8, 4) is 17.6 Å². The molecule has 0 radical (unpaired) electrons. The Balaban J connectivity index is 1.44. The second-order valence-electron chi connectivity index (χ2n) is 11.3. The first-order valence-corrected chi connectivity index (χ1v) is 14.2. The van der Waals surface area contributed by atoms with Gasteiger partial charge in [-0.05, 0) is 77.5 Å². The van der Waals surface area contributed by atoms with E-state index in [2.05, 4.69) is 46.0 Å². The maximum atomic E-state index is 12.6. The summed E-state index contributed by atoms with van der Waals surface area (Å²) in [6.45, 7) is 10.9. The van der Waals surface area contributed by atoms with Crippen LogP contribution in [0.5, 0.6) is 11.5 Å². The number of anilines is 1. The van der Waals surface area contributed by atoms with Gasteiger partial charge in [0, 0.05) is 16.8 Å². The van der Waals surface area contributed by atoms with E-state index in [9.17, 15) is 10.1 Å². The van der Waals surface area contributed by atoms with Crippen molar-refractivity contribution in [3.05, 3.63) is 69.6 Å². The van der Waals surface area contributed by atoms with Gasteiger partial charge in [-0.3, -0.25) is 4.79 Å². The van der Waals surface area contributed by atoms with E-state index in [0.29, 0.717) is 28.9 Å². The van der Waals surface area contributed by atoms with Crippen molar-refractivity contribution < 1.29 is 14.3 Å². The Morgan fingerprint density at radius 3 is 2.69 bits per heavy atom. The molecule has 3 aromatic rings. The summed E-state index contributed by atoms with van der Waals surface area (Å²) in [5, 5.41) is 13.6. The van der Waals surface area contributed by atoms with E-state index in [1.165, 1.54) is 10.4 Å². The first-order valence-electron chi connectivity index (χ1n) is 13.4. The standard InChI is InChI=1S/C32H37N3O3S/c1-20(2)23-9-7-8-10-26(23)35-30(36)19-38-27-14-11-21(15-28(27)37-6)18-34-31-25(17-33)24-13-12-22(32(3,4)5)16-29(24)39-31/h7-11,14-15,18,20,22H,12-13,16,19H2,1-6H3,(H,35,36)/t22-/m0/s1. The molecule has 1 aromatic heterocycles. The predicted molar refractivity (Wildman–Crippen MR) is 159 cm³/mol. The molecule has 4 rings (SSSR count). The number of aliphatic imine (C=N–C) groups is 1. The number of carbonyl (C=O) groups is 1. The van der Waals surface area contributed by atoms with Crippen LogP contribution in [0.1, 0.15) is 74.1 Å². The average molecular weight is 544 g/mol. The highest BCUT2D eigenvalue weighted by Crippen LogP contribution is 2.45. The fourth-order valence-corrected chi connectivity index (χ4v) is 6.20. The number of nitriles is 1. The van der Waals surface area contributed by atoms with E-state index < -0.39 is 0 Å². The molecular weight excluding hydrogens is 506 g/mol. The van der Waals surface area contributed by atoms with Crippen LogP contribution in [0.15, 0.2) is 47.5 Å². The molecule has 2 aromatic carbocycles. The van der Waals surface area contributed by atoms with E-state index in [4.69, 9.17) is 14.5 Å². The monoisotopic (exact) mass is 543 g/mol. The highest BCUT2D eigenvalue weighted by Gasteiger charge is 2.32. The molecule has 39 heavy (non-hydrogen) atoms. The van der Waals surface area contributed by atoms with E-state index in [1.54, 1.807) is 30.7 Å². The van der Waals surface area contributed by atoms with Gasteiger partial charge in [0.2, 0.25) is 0 Å². The van der Waals surface area contributed by atoms with Gasteiger partial charge in [-0.15, -0.1) is 11.3 Å². The summed E-state index contributed by atoms with van der Waals surface area (Å²) in [5.41, 5.74) is 4.81. The third-order valence-electron chi connectivity index (χ3n) is 7.32. The molecule has 1 atom stereocenters. The topological polar surface area (TPSA) is 83.7 Å². The van der Waals surface area contributed by atoms with Crippen molar-refractivity contribution in [1.29, 1.82) is 5.26 Å². The van der Waals surface area contributed by atoms with Gasteiger partial charge in [-0.2, -0.15) is 5.26 Å². The van der Waals surface area contributed by atoms with Crippen LogP contribution in [-0.2, 0) is 17.6 Å². The molecule has 0 bridgehead atoms. The van der Waals surface area contributed by atoms with Crippen LogP contribution in [0.4, 0.5) is 10.7 Å². The lowest BCUT2D eigenvalue weighted by Crippen LogP contribution is -2.26. The van der Waals surface area contributed by atoms with Crippen LogP contribution >= 0.6 is 11.3 Å². The van der Waals surface area contributed by atoms with Crippen LogP contribution in [-0.4, -0.2) is 25.8 Å². The molecule has 1 aliphatic carbocycles. The molecule has 1 aliphatic rings. The third kappa shape index (κ3) is 6.69. The number of para-hydroxylation sites is 1. The third-order valence-corrected chi connectivity index (χ3v) is 8.48. The van der Waals surface area contributed by atoms with Crippen molar-refractivity contribution in [3.63, 3.8) is 0 Å². The molecule has 0 spiro atoms. The minimum absolute atomic E-state index is 0.141. The molecule has 0 fully saturated rings. The number of hydrogen-bond donors (Lipinski definition) is 1. The van der Waals surface area contributed by atoms with E-state index in [1.807, 2.05) is 36.4 Å². The SMILES string of the molecule is COc1cc(C=Nc2sc3c(c2C#N)CC[C@H](C(C)(C)C)C3)ccc1OCC(=O)Nc1ccccc1C(C)C. The van der Waals surface area contributed by atoms with Gasteiger partial charge in [0.15, 0.2) is 18.1 Å². The number of nitrogens with one attached hydrogen (secondary N) is 1. The van der Waals surface area contributed by atoms with Crippen LogP contribution in [0.25, 0.3) is 0 Å².